The standard InChI is InChI=1S/C13H9BrClNO3S/c1-6-5-9(20-11(6)13(18)19)16-12(17)7-3-2-4-8(14)10(7)15/h2-5H,1H3,(H,16,17)(H,18,19). The Labute approximate surface area is 132 Å². The van der Waals surface area contributed by atoms with Gasteiger partial charge in [0, 0.05) is 4.47 Å². The number of carbonyl (C=O) groups excluding carboxylic acids is 1. The lowest BCUT2D eigenvalue weighted by molar-refractivity contribution is 0.0701. The molecule has 0 aliphatic heterocycles. The minimum Gasteiger partial charge on any atom is -0.477 e. The number of thiophene rings is 1. The van der Waals surface area contributed by atoms with E-state index in [1.807, 2.05) is 0 Å². The highest BCUT2D eigenvalue weighted by Gasteiger charge is 2.16. The molecule has 0 saturated heterocycles. The van der Waals surface area contributed by atoms with E-state index in [-0.39, 0.29) is 10.8 Å². The van der Waals surface area contributed by atoms with Gasteiger partial charge >= 0.3 is 5.97 Å². The van der Waals surface area contributed by atoms with Crippen molar-refractivity contribution in [1.82, 2.24) is 0 Å². The van der Waals surface area contributed by atoms with Gasteiger partial charge < -0.3 is 10.4 Å². The van der Waals surface area contributed by atoms with Gasteiger partial charge in [-0.3, -0.25) is 4.79 Å². The number of carbonyl (C=O) groups is 2. The lowest BCUT2D eigenvalue weighted by Gasteiger charge is -2.05. The third-order valence-electron chi connectivity index (χ3n) is 2.54. The second-order valence-corrected chi connectivity index (χ2v) is 6.27. The first-order valence-corrected chi connectivity index (χ1v) is 7.48. The smallest absolute Gasteiger partial charge is 0.346 e. The molecule has 0 atom stereocenters. The van der Waals surface area contributed by atoms with Crippen LogP contribution in [0.3, 0.4) is 0 Å². The molecule has 0 bridgehead atoms. The third kappa shape index (κ3) is 3.03. The van der Waals surface area contributed by atoms with Crippen LogP contribution in [0, 0.1) is 6.92 Å². The molecule has 104 valence electrons. The summed E-state index contributed by atoms with van der Waals surface area (Å²) in [6, 6.07) is 6.66. The predicted octanol–water partition coefficient (Wildman–Crippen LogP) is 4.42. The Morgan fingerprint density at radius 1 is 1.40 bits per heavy atom. The summed E-state index contributed by atoms with van der Waals surface area (Å²) in [5.41, 5.74) is 0.933. The van der Waals surface area contributed by atoms with Crippen LogP contribution in [-0.4, -0.2) is 17.0 Å². The van der Waals surface area contributed by atoms with Crippen molar-refractivity contribution in [1.29, 1.82) is 0 Å². The van der Waals surface area contributed by atoms with Crippen molar-refractivity contribution in [2.24, 2.45) is 0 Å². The maximum atomic E-state index is 12.1. The molecule has 4 nitrogen and oxygen atoms in total. The van der Waals surface area contributed by atoms with Crippen LogP contribution < -0.4 is 5.32 Å². The molecule has 0 aliphatic carbocycles. The van der Waals surface area contributed by atoms with Gasteiger partial charge in [-0.1, -0.05) is 17.7 Å². The van der Waals surface area contributed by atoms with Crippen LogP contribution in [0.5, 0.6) is 0 Å². The Hall–Kier alpha value is -1.37. The third-order valence-corrected chi connectivity index (χ3v) is 4.98. The van der Waals surface area contributed by atoms with E-state index in [0.717, 1.165) is 11.3 Å². The molecule has 0 unspecified atom stereocenters. The quantitative estimate of drug-likeness (QED) is 0.835. The molecule has 0 fully saturated rings. The van der Waals surface area contributed by atoms with Gasteiger partial charge in [-0.2, -0.15) is 0 Å². The Kier molecular flexibility index (Phi) is 4.47. The van der Waals surface area contributed by atoms with Crippen molar-refractivity contribution in [3.05, 3.63) is 49.8 Å². The Bertz CT molecular complexity index is 699. The number of benzene rings is 1. The van der Waals surface area contributed by atoms with E-state index in [9.17, 15) is 9.59 Å². The summed E-state index contributed by atoms with van der Waals surface area (Å²) in [6.45, 7) is 1.68. The van der Waals surface area contributed by atoms with E-state index in [0.29, 0.717) is 25.6 Å². The number of aromatic carboxylic acids is 1. The molecule has 20 heavy (non-hydrogen) atoms. The lowest BCUT2D eigenvalue weighted by Crippen LogP contribution is -2.11. The molecular weight excluding hydrogens is 366 g/mol. The molecule has 0 aliphatic rings. The Morgan fingerprint density at radius 2 is 2.10 bits per heavy atom. The fourth-order valence-corrected chi connectivity index (χ4v) is 3.10. The van der Waals surface area contributed by atoms with E-state index in [4.69, 9.17) is 16.7 Å². The number of anilines is 1. The number of aryl methyl sites for hydroxylation is 1. The largest absolute Gasteiger partial charge is 0.477 e. The van der Waals surface area contributed by atoms with E-state index in [1.54, 1.807) is 31.2 Å². The molecule has 2 aromatic rings. The van der Waals surface area contributed by atoms with Gasteiger partial charge in [0.25, 0.3) is 5.91 Å². The van der Waals surface area contributed by atoms with Crippen LogP contribution in [0.15, 0.2) is 28.7 Å². The van der Waals surface area contributed by atoms with Crippen molar-refractivity contribution in [3.8, 4) is 0 Å². The van der Waals surface area contributed by atoms with Crippen LogP contribution in [0.1, 0.15) is 25.6 Å². The van der Waals surface area contributed by atoms with Gasteiger partial charge in [0.05, 0.1) is 15.6 Å². The number of hydrogen-bond donors (Lipinski definition) is 2. The maximum Gasteiger partial charge on any atom is 0.346 e. The second kappa shape index (κ2) is 5.95. The van der Waals surface area contributed by atoms with E-state index in [1.165, 1.54) is 0 Å². The molecule has 1 amide bonds. The van der Waals surface area contributed by atoms with Crippen molar-refractivity contribution < 1.29 is 14.7 Å². The number of carboxylic acid groups (broad SMARTS) is 1. The molecule has 7 heteroatoms. The highest BCUT2D eigenvalue weighted by molar-refractivity contribution is 9.10. The normalized spacial score (nSPS) is 10.3. The highest BCUT2D eigenvalue weighted by atomic mass is 79.9. The first-order valence-electron chi connectivity index (χ1n) is 5.49. The molecule has 1 aromatic carbocycles. The van der Waals surface area contributed by atoms with Crippen molar-refractivity contribution in [2.75, 3.05) is 5.32 Å². The summed E-state index contributed by atoms with van der Waals surface area (Å²) in [4.78, 5) is 23.3. The minimum atomic E-state index is -1.01. The zero-order valence-corrected chi connectivity index (χ0v) is 13.4. The van der Waals surface area contributed by atoms with Gasteiger partial charge in [0.1, 0.15) is 4.88 Å². The summed E-state index contributed by atoms with van der Waals surface area (Å²) in [5, 5.41) is 12.4. The fourth-order valence-electron chi connectivity index (χ4n) is 1.61. The summed E-state index contributed by atoms with van der Waals surface area (Å²) in [6.07, 6.45) is 0. The molecule has 2 rings (SSSR count). The summed E-state index contributed by atoms with van der Waals surface area (Å²) >= 11 is 10.3. The first kappa shape index (κ1) is 15.0. The molecule has 2 N–H and O–H groups in total. The van der Waals surface area contributed by atoms with Gasteiger partial charge in [-0.25, -0.2) is 4.79 Å². The number of rotatable bonds is 3. The van der Waals surface area contributed by atoms with E-state index in [2.05, 4.69) is 21.2 Å². The summed E-state index contributed by atoms with van der Waals surface area (Å²) < 4.78 is 0.625. The number of halogens is 2. The highest BCUT2D eigenvalue weighted by Crippen LogP contribution is 2.29. The zero-order valence-electron chi connectivity index (χ0n) is 10.2. The van der Waals surface area contributed by atoms with Crippen LogP contribution in [0.2, 0.25) is 5.02 Å². The number of amides is 1. The molecule has 0 radical (unpaired) electrons. The van der Waals surface area contributed by atoms with E-state index < -0.39 is 5.97 Å². The van der Waals surface area contributed by atoms with Crippen LogP contribution in [-0.2, 0) is 0 Å². The molecule has 0 spiro atoms. The Balaban J connectivity index is 2.26. The molecule has 1 heterocycles. The van der Waals surface area contributed by atoms with Gasteiger partial charge in [-0.15, -0.1) is 11.3 Å². The maximum absolute atomic E-state index is 12.1. The van der Waals surface area contributed by atoms with Gasteiger partial charge in [0.15, 0.2) is 0 Å². The zero-order chi connectivity index (χ0) is 14.9. The van der Waals surface area contributed by atoms with Crippen molar-refractivity contribution in [3.63, 3.8) is 0 Å². The molecular formula is C13H9BrClNO3S. The number of carboxylic acids is 1. The van der Waals surface area contributed by atoms with Crippen molar-refractivity contribution >= 4 is 55.7 Å². The van der Waals surface area contributed by atoms with Crippen LogP contribution in [0.4, 0.5) is 5.00 Å². The molecule has 1 aromatic heterocycles. The van der Waals surface area contributed by atoms with Gasteiger partial charge in [0.2, 0.25) is 0 Å². The number of hydrogen-bond acceptors (Lipinski definition) is 3. The summed E-state index contributed by atoms with van der Waals surface area (Å²) in [5.74, 6) is -1.39. The first-order chi connectivity index (χ1) is 9.40. The minimum absolute atomic E-state index is 0.209. The van der Waals surface area contributed by atoms with E-state index >= 15 is 0 Å². The molecule has 0 saturated carbocycles. The predicted molar refractivity (Wildman–Crippen MR) is 83.1 cm³/mol. The van der Waals surface area contributed by atoms with Crippen molar-refractivity contribution in [2.45, 2.75) is 6.92 Å². The monoisotopic (exact) mass is 373 g/mol. The fraction of sp³-hybridized carbons (Fsp3) is 0.0769. The average molecular weight is 375 g/mol. The lowest BCUT2D eigenvalue weighted by atomic mass is 10.2. The second-order valence-electron chi connectivity index (χ2n) is 3.98. The average Bonchev–Trinajstić information content (AvgIpc) is 2.73. The summed E-state index contributed by atoms with van der Waals surface area (Å²) in [7, 11) is 0. The van der Waals surface area contributed by atoms with Crippen LogP contribution >= 0.6 is 38.9 Å². The number of nitrogens with one attached hydrogen (secondary N) is 1. The Morgan fingerprint density at radius 3 is 2.70 bits per heavy atom. The van der Waals surface area contributed by atoms with Crippen LogP contribution in [0.25, 0.3) is 0 Å². The van der Waals surface area contributed by atoms with Gasteiger partial charge in [-0.05, 0) is 46.6 Å². The topological polar surface area (TPSA) is 66.4 Å². The SMILES string of the molecule is Cc1cc(NC(=O)c2cccc(Br)c2Cl)sc1C(=O)O.